The normalized spacial score (nSPS) is 21.8. The fraction of sp³-hybridized carbons (Fsp3) is 0.875. The van der Waals surface area contributed by atoms with Crippen LogP contribution in [0.2, 0.25) is 0 Å². The van der Waals surface area contributed by atoms with E-state index in [4.69, 9.17) is 10.8 Å². The van der Waals surface area contributed by atoms with Crippen molar-refractivity contribution in [3.63, 3.8) is 0 Å². The van der Waals surface area contributed by atoms with Crippen LogP contribution in [-0.4, -0.2) is 41.1 Å². The summed E-state index contributed by atoms with van der Waals surface area (Å²) < 4.78 is 0. The van der Waals surface area contributed by atoms with Crippen molar-refractivity contribution in [3.8, 4) is 0 Å². The van der Waals surface area contributed by atoms with E-state index in [9.17, 15) is 4.79 Å². The molecule has 0 bridgehead atoms. The first-order chi connectivity index (χ1) is 5.65. The van der Waals surface area contributed by atoms with E-state index < -0.39 is 5.97 Å². The quantitative estimate of drug-likeness (QED) is 0.620. The standard InChI is InChI=1S/C8H16N2O2/c1-2-3-7(8(11)12)10-4-6(9)5-10/h6-7H,2-5,9H2,1H3,(H,11,12). The highest BCUT2D eigenvalue weighted by Gasteiger charge is 2.33. The van der Waals surface area contributed by atoms with Gasteiger partial charge in [-0.3, -0.25) is 9.69 Å². The third-order valence-electron chi connectivity index (χ3n) is 2.23. The molecule has 1 aliphatic heterocycles. The maximum absolute atomic E-state index is 10.7. The van der Waals surface area contributed by atoms with Crippen LogP contribution in [0.25, 0.3) is 0 Å². The zero-order valence-electron chi connectivity index (χ0n) is 7.36. The van der Waals surface area contributed by atoms with Gasteiger partial charge in [0.2, 0.25) is 0 Å². The summed E-state index contributed by atoms with van der Waals surface area (Å²) in [4.78, 5) is 12.7. The molecule has 1 rings (SSSR count). The molecular weight excluding hydrogens is 156 g/mol. The molecule has 1 fully saturated rings. The molecular formula is C8H16N2O2. The minimum atomic E-state index is -0.719. The van der Waals surface area contributed by atoms with Gasteiger partial charge in [-0.1, -0.05) is 13.3 Å². The molecule has 1 unspecified atom stereocenters. The zero-order chi connectivity index (χ0) is 9.14. The van der Waals surface area contributed by atoms with Crippen molar-refractivity contribution >= 4 is 5.97 Å². The molecule has 0 radical (unpaired) electrons. The Morgan fingerprint density at radius 1 is 1.75 bits per heavy atom. The number of carboxylic acids is 1. The van der Waals surface area contributed by atoms with E-state index in [2.05, 4.69) is 0 Å². The third kappa shape index (κ3) is 1.95. The van der Waals surface area contributed by atoms with Crippen LogP contribution in [0.5, 0.6) is 0 Å². The van der Waals surface area contributed by atoms with Gasteiger partial charge in [-0.15, -0.1) is 0 Å². The summed E-state index contributed by atoms with van der Waals surface area (Å²) in [7, 11) is 0. The highest BCUT2D eigenvalue weighted by atomic mass is 16.4. The Morgan fingerprint density at radius 3 is 2.67 bits per heavy atom. The third-order valence-corrected chi connectivity index (χ3v) is 2.23. The number of rotatable bonds is 4. The molecule has 4 heteroatoms. The van der Waals surface area contributed by atoms with Gasteiger partial charge >= 0.3 is 5.97 Å². The summed E-state index contributed by atoms with van der Waals surface area (Å²) >= 11 is 0. The average molecular weight is 172 g/mol. The van der Waals surface area contributed by atoms with Crippen LogP contribution in [0.1, 0.15) is 19.8 Å². The first-order valence-corrected chi connectivity index (χ1v) is 4.37. The lowest BCUT2D eigenvalue weighted by Gasteiger charge is -2.40. The van der Waals surface area contributed by atoms with Crippen molar-refractivity contribution < 1.29 is 9.90 Å². The van der Waals surface area contributed by atoms with Crippen molar-refractivity contribution in [1.82, 2.24) is 4.90 Å². The van der Waals surface area contributed by atoms with Crippen molar-refractivity contribution in [2.24, 2.45) is 5.73 Å². The molecule has 0 aromatic carbocycles. The van der Waals surface area contributed by atoms with Crippen LogP contribution < -0.4 is 5.73 Å². The molecule has 0 amide bonds. The minimum Gasteiger partial charge on any atom is -0.480 e. The highest BCUT2D eigenvalue weighted by Crippen LogP contribution is 2.14. The number of nitrogens with two attached hydrogens (primary N) is 1. The molecule has 1 heterocycles. The lowest BCUT2D eigenvalue weighted by atomic mass is 10.0. The summed E-state index contributed by atoms with van der Waals surface area (Å²) in [6.45, 7) is 3.46. The predicted molar refractivity (Wildman–Crippen MR) is 45.9 cm³/mol. The monoisotopic (exact) mass is 172 g/mol. The van der Waals surface area contributed by atoms with E-state index in [-0.39, 0.29) is 12.1 Å². The van der Waals surface area contributed by atoms with Gasteiger partial charge in [0.1, 0.15) is 6.04 Å². The molecule has 0 spiro atoms. The van der Waals surface area contributed by atoms with Gasteiger partial charge in [0.25, 0.3) is 0 Å². The topological polar surface area (TPSA) is 66.6 Å². The second-order valence-electron chi connectivity index (χ2n) is 3.36. The number of likely N-dealkylation sites (tertiary alicyclic amines) is 1. The van der Waals surface area contributed by atoms with Crippen molar-refractivity contribution in [1.29, 1.82) is 0 Å². The number of hydrogen-bond acceptors (Lipinski definition) is 3. The van der Waals surface area contributed by atoms with Gasteiger partial charge < -0.3 is 10.8 Å². The summed E-state index contributed by atoms with van der Waals surface area (Å²) in [5.74, 6) is -0.719. The second-order valence-corrected chi connectivity index (χ2v) is 3.36. The smallest absolute Gasteiger partial charge is 0.320 e. The lowest BCUT2D eigenvalue weighted by Crippen LogP contribution is -2.61. The Bertz CT molecular complexity index is 166. The maximum atomic E-state index is 10.7. The number of aliphatic carboxylic acids is 1. The van der Waals surface area contributed by atoms with Gasteiger partial charge in [0.05, 0.1) is 0 Å². The SMILES string of the molecule is CCCC(C(=O)O)N1CC(N)C1. The van der Waals surface area contributed by atoms with Crippen LogP contribution in [0.3, 0.4) is 0 Å². The number of nitrogens with zero attached hydrogens (tertiary/aromatic N) is 1. The fourth-order valence-electron chi connectivity index (χ4n) is 1.54. The molecule has 3 N–H and O–H groups in total. The molecule has 12 heavy (non-hydrogen) atoms. The molecule has 1 aliphatic rings. The summed E-state index contributed by atoms with van der Waals surface area (Å²) in [5, 5.41) is 8.84. The van der Waals surface area contributed by atoms with Crippen molar-refractivity contribution in [2.45, 2.75) is 31.8 Å². The Kier molecular flexibility index (Phi) is 3.05. The zero-order valence-corrected chi connectivity index (χ0v) is 7.36. The van der Waals surface area contributed by atoms with E-state index in [0.29, 0.717) is 0 Å². The Labute approximate surface area is 72.3 Å². The fourth-order valence-corrected chi connectivity index (χ4v) is 1.54. The average Bonchev–Trinajstić information content (AvgIpc) is 1.94. The molecule has 0 saturated carbocycles. The van der Waals surface area contributed by atoms with Gasteiger partial charge in [-0.05, 0) is 6.42 Å². The Balaban J connectivity index is 2.38. The summed E-state index contributed by atoms with van der Waals surface area (Å²) in [6.07, 6.45) is 1.63. The van der Waals surface area contributed by atoms with Crippen LogP contribution in [0.15, 0.2) is 0 Å². The highest BCUT2D eigenvalue weighted by molar-refractivity contribution is 5.73. The molecule has 0 aromatic rings. The van der Waals surface area contributed by atoms with E-state index >= 15 is 0 Å². The van der Waals surface area contributed by atoms with Gasteiger partial charge in [0, 0.05) is 19.1 Å². The summed E-state index contributed by atoms with van der Waals surface area (Å²) in [5.41, 5.74) is 5.57. The minimum absolute atomic E-state index is 0.184. The first kappa shape index (κ1) is 9.48. The van der Waals surface area contributed by atoms with Gasteiger partial charge in [-0.25, -0.2) is 0 Å². The van der Waals surface area contributed by atoms with Crippen LogP contribution >= 0.6 is 0 Å². The van der Waals surface area contributed by atoms with Crippen LogP contribution in [0, 0.1) is 0 Å². The number of hydrogen-bond donors (Lipinski definition) is 2. The maximum Gasteiger partial charge on any atom is 0.320 e. The largest absolute Gasteiger partial charge is 0.480 e. The van der Waals surface area contributed by atoms with E-state index in [1.807, 2.05) is 11.8 Å². The Morgan fingerprint density at radius 2 is 2.33 bits per heavy atom. The first-order valence-electron chi connectivity index (χ1n) is 4.37. The van der Waals surface area contributed by atoms with E-state index in [0.717, 1.165) is 25.9 Å². The van der Waals surface area contributed by atoms with E-state index in [1.54, 1.807) is 0 Å². The molecule has 4 nitrogen and oxygen atoms in total. The van der Waals surface area contributed by atoms with Crippen LogP contribution in [0.4, 0.5) is 0 Å². The molecule has 70 valence electrons. The van der Waals surface area contributed by atoms with Gasteiger partial charge in [-0.2, -0.15) is 0 Å². The molecule has 1 atom stereocenters. The number of carbonyl (C=O) groups is 1. The Hall–Kier alpha value is -0.610. The van der Waals surface area contributed by atoms with Crippen molar-refractivity contribution in [2.75, 3.05) is 13.1 Å². The number of carboxylic acid groups (broad SMARTS) is 1. The lowest BCUT2D eigenvalue weighted by molar-refractivity contribution is -0.145. The van der Waals surface area contributed by atoms with Gasteiger partial charge in [0.15, 0.2) is 0 Å². The molecule has 1 saturated heterocycles. The van der Waals surface area contributed by atoms with E-state index in [1.165, 1.54) is 0 Å². The van der Waals surface area contributed by atoms with Crippen LogP contribution in [-0.2, 0) is 4.79 Å². The molecule has 0 aliphatic carbocycles. The second kappa shape index (κ2) is 3.87. The predicted octanol–water partition coefficient (Wildman–Crippen LogP) is -0.117. The summed E-state index contributed by atoms with van der Waals surface area (Å²) in [6, 6.07) is -0.126. The van der Waals surface area contributed by atoms with Crippen molar-refractivity contribution in [3.05, 3.63) is 0 Å². The molecule has 0 aromatic heterocycles.